The van der Waals surface area contributed by atoms with Gasteiger partial charge < -0.3 is 15.6 Å². The molecule has 0 aliphatic heterocycles. The molecular weight excluding hydrogens is 228 g/mol. The van der Waals surface area contributed by atoms with Crippen molar-refractivity contribution in [1.82, 2.24) is 9.55 Å². The Bertz CT molecular complexity index is 414. The van der Waals surface area contributed by atoms with Crippen LogP contribution in [0.15, 0.2) is 17.2 Å². The average Bonchev–Trinajstić information content (AvgIpc) is 2.30. The Hall–Kier alpha value is -1.36. The number of rotatable bonds is 7. The van der Waals surface area contributed by atoms with Crippen LogP contribution in [0.5, 0.6) is 0 Å². The zero-order chi connectivity index (χ0) is 13.5. The summed E-state index contributed by atoms with van der Waals surface area (Å²) in [5.74, 6) is 0.824. The molecule has 1 rings (SSSR count). The fourth-order valence-corrected chi connectivity index (χ4v) is 1.81. The molecule has 1 aromatic rings. The minimum absolute atomic E-state index is 0.0648. The maximum atomic E-state index is 12.1. The summed E-state index contributed by atoms with van der Waals surface area (Å²) in [6.07, 6.45) is 5.36. The van der Waals surface area contributed by atoms with Gasteiger partial charge in [-0.3, -0.25) is 4.79 Å². The van der Waals surface area contributed by atoms with Crippen molar-refractivity contribution in [2.24, 2.45) is 11.7 Å². The molecule has 0 bridgehead atoms. The van der Waals surface area contributed by atoms with Gasteiger partial charge in [0, 0.05) is 31.5 Å². The molecule has 5 nitrogen and oxygen atoms in total. The van der Waals surface area contributed by atoms with Gasteiger partial charge in [0.15, 0.2) is 5.82 Å². The highest BCUT2D eigenvalue weighted by molar-refractivity contribution is 5.30. The van der Waals surface area contributed by atoms with Crippen LogP contribution in [0.25, 0.3) is 0 Å². The van der Waals surface area contributed by atoms with Crippen LogP contribution in [0.3, 0.4) is 0 Å². The second-order valence-electron chi connectivity index (χ2n) is 5.06. The molecule has 1 aromatic heterocycles. The molecule has 18 heavy (non-hydrogen) atoms. The first kappa shape index (κ1) is 14.7. The summed E-state index contributed by atoms with van der Waals surface area (Å²) in [5, 5.41) is 3.04. The third-order valence-electron chi connectivity index (χ3n) is 2.67. The minimum Gasteiger partial charge on any atom is -0.364 e. The van der Waals surface area contributed by atoms with Crippen LogP contribution in [0.1, 0.15) is 33.6 Å². The molecule has 1 heterocycles. The van der Waals surface area contributed by atoms with Gasteiger partial charge in [0.2, 0.25) is 0 Å². The fourth-order valence-electron chi connectivity index (χ4n) is 1.81. The van der Waals surface area contributed by atoms with Gasteiger partial charge in [-0.25, -0.2) is 4.98 Å². The van der Waals surface area contributed by atoms with E-state index >= 15 is 0 Å². The quantitative estimate of drug-likeness (QED) is 0.770. The fraction of sp³-hybridized carbons (Fsp3) is 0.692. The highest BCUT2D eigenvalue weighted by atomic mass is 16.1. The van der Waals surface area contributed by atoms with E-state index in [2.05, 4.69) is 31.1 Å². The molecule has 5 heteroatoms. The highest BCUT2D eigenvalue weighted by Crippen LogP contribution is 2.00. The van der Waals surface area contributed by atoms with Crippen LogP contribution in [0.2, 0.25) is 0 Å². The van der Waals surface area contributed by atoms with Crippen molar-refractivity contribution >= 4 is 5.82 Å². The first-order valence-corrected chi connectivity index (χ1v) is 6.59. The van der Waals surface area contributed by atoms with E-state index in [1.807, 2.05) is 0 Å². The van der Waals surface area contributed by atoms with Gasteiger partial charge >= 0.3 is 0 Å². The van der Waals surface area contributed by atoms with Gasteiger partial charge in [-0.1, -0.05) is 27.2 Å². The Kier molecular flexibility index (Phi) is 5.85. The second-order valence-corrected chi connectivity index (χ2v) is 5.06. The van der Waals surface area contributed by atoms with Crippen LogP contribution >= 0.6 is 0 Å². The first-order valence-electron chi connectivity index (χ1n) is 6.59. The summed E-state index contributed by atoms with van der Waals surface area (Å²) in [6, 6.07) is 0.0648. The summed E-state index contributed by atoms with van der Waals surface area (Å²) in [6.45, 7) is 7.54. The lowest BCUT2D eigenvalue weighted by Crippen LogP contribution is -2.32. The van der Waals surface area contributed by atoms with Crippen molar-refractivity contribution < 1.29 is 0 Å². The van der Waals surface area contributed by atoms with Crippen molar-refractivity contribution in [3.05, 3.63) is 22.7 Å². The van der Waals surface area contributed by atoms with Crippen LogP contribution in [0.4, 0.5) is 5.82 Å². The minimum atomic E-state index is -0.0742. The van der Waals surface area contributed by atoms with Crippen molar-refractivity contribution in [2.45, 2.75) is 46.2 Å². The van der Waals surface area contributed by atoms with Crippen molar-refractivity contribution in [3.63, 3.8) is 0 Å². The van der Waals surface area contributed by atoms with Crippen molar-refractivity contribution in [1.29, 1.82) is 0 Å². The third-order valence-corrected chi connectivity index (χ3v) is 2.67. The summed E-state index contributed by atoms with van der Waals surface area (Å²) < 4.78 is 1.69. The summed E-state index contributed by atoms with van der Waals surface area (Å²) in [7, 11) is 0. The summed E-state index contributed by atoms with van der Waals surface area (Å²) >= 11 is 0. The lowest BCUT2D eigenvalue weighted by atomic mass is 10.2. The smallest absolute Gasteiger partial charge is 0.293 e. The van der Waals surface area contributed by atoms with Crippen molar-refractivity contribution in [2.75, 3.05) is 11.9 Å². The molecule has 0 radical (unpaired) electrons. The van der Waals surface area contributed by atoms with E-state index in [0.29, 0.717) is 24.8 Å². The molecule has 1 atom stereocenters. The Morgan fingerprint density at radius 2 is 2.22 bits per heavy atom. The summed E-state index contributed by atoms with van der Waals surface area (Å²) in [4.78, 5) is 16.2. The van der Waals surface area contributed by atoms with Crippen LogP contribution in [-0.2, 0) is 6.54 Å². The van der Waals surface area contributed by atoms with Crippen LogP contribution in [-0.4, -0.2) is 22.1 Å². The van der Waals surface area contributed by atoms with Gasteiger partial charge in [-0.2, -0.15) is 0 Å². The molecule has 102 valence electrons. The van der Waals surface area contributed by atoms with Gasteiger partial charge in [-0.15, -0.1) is 0 Å². The second kappa shape index (κ2) is 7.16. The maximum Gasteiger partial charge on any atom is 0.293 e. The van der Waals surface area contributed by atoms with E-state index < -0.39 is 0 Å². The van der Waals surface area contributed by atoms with Gasteiger partial charge in [0.05, 0.1) is 0 Å². The number of aromatic nitrogens is 2. The SMILES string of the molecule is CCCC(N)CNc1nccn(CC(C)C)c1=O. The zero-order valence-electron chi connectivity index (χ0n) is 11.5. The monoisotopic (exact) mass is 252 g/mol. The molecule has 0 saturated heterocycles. The molecule has 0 aliphatic carbocycles. The lowest BCUT2D eigenvalue weighted by Gasteiger charge is -2.13. The average molecular weight is 252 g/mol. The predicted octanol–water partition coefficient (Wildman–Crippen LogP) is 1.44. The largest absolute Gasteiger partial charge is 0.364 e. The first-order chi connectivity index (χ1) is 8.54. The van der Waals surface area contributed by atoms with E-state index in [0.717, 1.165) is 12.8 Å². The van der Waals surface area contributed by atoms with Crippen molar-refractivity contribution in [3.8, 4) is 0 Å². The zero-order valence-corrected chi connectivity index (χ0v) is 11.5. The number of hydrogen-bond acceptors (Lipinski definition) is 4. The van der Waals surface area contributed by atoms with E-state index in [-0.39, 0.29) is 11.6 Å². The topological polar surface area (TPSA) is 72.9 Å². The van der Waals surface area contributed by atoms with E-state index in [1.165, 1.54) is 0 Å². The van der Waals surface area contributed by atoms with Gasteiger partial charge in [0.1, 0.15) is 0 Å². The molecule has 3 N–H and O–H groups in total. The van der Waals surface area contributed by atoms with Crippen LogP contribution in [0, 0.1) is 5.92 Å². The van der Waals surface area contributed by atoms with E-state index in [4.69, 9.17) is 5.73 Å². The van der Waals surface area contributed by atoms with Gasteiger partial charge in [-0.05, 0) is 12.3 Å². The van der Waals surface area contributed by atoms with Gasteiger partial charge in [0.25, 0.3) is 5.56 Å². The lowest BCUT2D eigenvalue weighted by molar-refractivity contribution is 0.509. The molecule has 0 saturated carbocycles. The Balaban J connectivity index is 2.69. The number of anilines is 1. The maximum absolute atomic E-state index is 12.1. The number of nitrogens with zero attached hydrogens (tertiary/aromatic N) is 2. The Morgan fingerprint density at radius 3 is 2.83 bits per heavy atom. The molecule has 0 amide bonds. The molecule has 0 aromatic carbocycles. The molecule has 0 aliphatic rings. The Labute approximate surface area is 108 Å². The third kappa shape index (κ3) is 4.49. The van der Waals surface area contributed by atoms with E-state index in [9.17, 15) is 4.79 Å². The normalized spacial score (nSPS) is 12.7. The number of nitrogens with two attached hydrogens (primary N) is 1. The summed E-state index contributed by atoms with van der Waals surface area (Å²) in [5.41, 5.74) is 5.83. The molecular formula is C13H24N4O. The molecule has 1 unspecified atom stereocenters. The highest BCUT2D eigenvalue weighted by Gasteiger charge is 2.07. The standard InChI is InChI=1S/C13H24N4O/c1-4-5-11(14)8-16-12-13(18)17(7-6-15-12)9-10(2)3/h6-7,10-11H,4-5,8-9,14H2,1-3H3,(H,15,16). The predicted molar refractivity (Wildman–Crippen MR) is 74.7 cm³/mol. The Morgan fingerprint density at radius 1 is 1.50 bits per heavy atom. The van der Waals surface area contributed by atoms with E-state index in [1.54, 1.807) is 17.0 Å². The number of nitrogens with one attached hydrogen (secondary N) is 1. The number of hydrogen-bond donors (Lipinski definition) is 2. The molecule has 0 fully saturated rings. The molecule has 0 spiro atoms. The van der Waals surface area contributed by atoms with Crippen LogP contribution < -0.4 is 16.6 Å².